The van der Waals surface area contributed by atoms with Gasteiger partial charge in [-0.15, -0.1) is 0 Å². The van der Waals surface area contributed by atoms with Crippen LogP contribution in [0.1, 0.15) is 22.4 Å². The number of rotatable bonds is 6. The number of hydrogen-bond donors (Lipinski definition) is 5. The van der Waals surface area contributed by atoms with E-state index >= 15 is 0 Å². The van der Waals surface area contributed by atoms with Crippen molar-refractivity contribution in [2.75, 3.05) is 0 Å². The van der Waals surface area contributed by atoms with Crippen LogP contribution in [0.3, 0.4) is 0 Å². The summed E-state index contributed by atoms with van der Waals surface area (Å²) in [7, 11) is 0. The van der Waals surface area contributed by atoms with Crippen molar-refractivity contribution in [3.05, 3.63) is 95.2 Å². The van der Waals surface area contributed by atoms with Crippen molar-refractivity contribution in [3.8, 4) is 11.5 Å². The number of hydrogen-bond acceptors (Lipinski definition) is 3. The summed E-state index contributed by atoms with van der Waals surface area (Å²) in [6.45, 7) is 0. The molecule has 30 heavy (non-hydrogen) atoms. The Kier molecular flexibility index (Phi) is 5.05. The highest BCUT2D eigenvalue weighted by Crippen LogP contribution is 2.23. The van der Waals surface area contributed by atoms with Gasteiger partial charge in [0.25, 0.3) is 0 Å². The van der Waals surface area contributed by atoms with Gasteiger partial charge in [-0.2, -0.15) is 0 Å². The van der Waals surface area contributed by atoms with Crippen LogP contribution >= 0.6 is 0 Å². The normalized spacial score (nSPS) is 11.1. The molecule has 0 bridgehead atoms. The van der Waals surface area contributed by atoms with Crippen LogP contribution in [0.25, 0.3) is 23.1 Å². The van der Waals surface area contributed by atoms with Crippen LogP contribution in [-0.2, 0) is 0 Å². The van der Waals surface area contributed by atoms with Crippen molar-refractivity contribution < 1.29 is 4.74 Å². The number of nitrogens with one attached hydrogen (secondary N) is 3. The molecule has 0 aliphatic heterocycles. The minimum atomic E-state index is 0.0342. The van der Waals surface area contributed by atoms with Gasteiger partial charge in [-0.3, -0.25) is 10.8 Å². The van der Waals surface area contributed by atoms with E-state index in [1.807, 2.05) is 54.6 Å². The van der Waals surface area contributed by atoms with Gasteiger partial charge in [0.05, 0.1) is 0 Å². The first-order chi connectivity index (χ1) is 14.5. The van der Waals surface area contributed by atoms with E-state index in [0.717, 1.165) is 27.9 Å². The van der Waals surface area contributed by atoms with Gasteiger partial charge in [-0.25, -0.2) is 0 Å². The quantitative estimate of drug-likeness (QED) is 0.240. The van der Waals surface area contributed by atoms with E-state index in [1.165, 1.54) is 0 Å². The van der Waals surface area contributed by atoms with Gasteiger partial charge in [-0.05, 0) is 60.2 Å². The highest BCUT2D eigenvalue weighted by molar-refractivity contribution is 5.99. The van der Waals surface area contributed by atoms with Crippen molar-refractivity contribution in [2.24, 2.45) is 11.5 Å². The zero-order valence-corrected chi connectivity index (χ0v) is 16.1. The smallest absolute Gasteiger partial charge is 0.127 e. The van der Waals surface area contributed by atoms with Crippen molar-refractivity contribution in [1.82, 2.24) is 4.98 Å². The minimum absolute atomic E-state index is 0.0342. The zero-order valence-electron chi connectivity index (χ0n) is 16.1. The van der Waals surface area contributed by atoms with Gasteiger partial charge in [0, 0.05) is 27.7 Å². The number of nitrogen functional groups attached to an aromatic ring is 2. The lowest BCUT2D eigenvalue weighted by atomic mass is 10.1. The molecule has 6 nitrogen and oxygen atoms in total. The Bertz CT molecular complexity index is 1250. The maximum absolute atomic E-state index is 7.55. The molecule has 0 saturated heterocycles. The third-order valence-corrected chi connectivity index (χ3v) is 4.69. The molecule has 0 aliphatic carbocycles. The molecule has 6 heteroatoms. The van der Waals surface area contributed by atoms with Crippen LogP contribution in [0.5, 0.6) is 11.5 Å². The molecule has 0 saturated carbocycles. The Balaban J connectivity index is 1.45. The number of benzene rings is 3. The second-order valence-electron chi connectivity index (χ2n) is 6.88. The van der Waals surface area contributed by atoms with E-state index in [9.17, 15) is 0 Å². The van der Waals surface area contributed by atoms with Crippen molar-refractivity contribution in [2.45, 2.75) is 0 Å². The number of ether oxygens (including phenoxy) is 1. The molecule has 148 valence electrons. The van der Waals surface area contributed by atoms with Crippen LogP contribution in [0.2, 0.25) is 0 Å². The second kappa shape index (κ2) is 7.97. The van der Waals surface area contributed by atoms with Crippen molar-refractivity contribution in [1.29, 1.82) is 10.8 Å². The first-order valence-corrected chi connectivity index (χ1v) is 9.35. The molecule has 0 radical (unpaired) electrons. The van der Waals surface area contributed by atoms with Gasteiger partial charge >= 0.3 is 0 Å². The molecular formula is C24H21N5O. The lowest BCUT2D eigenvalue weighted by Gasteiger charge is -2.06. The summed E-state index contributed by atoms with van der Waals surface area (Å²) in [5.41, 5.74) is 15.3. The highest BCUT2D eigenvalue weighted by atomic mass is 16.5. The summed E-state index contributed by atoms with van der Waals surface area (Å²) >= 11 is 0. The first kappa shape index (κ1) is 19.0. The van der Waals surface area contributed by atoms with Crippen LogP contribution in [0.15, 0.2) is 72.8 Å². The standard InChI is InChI=1S/C24H21N5O/c25-23(26)16-6-11-21(12-7-16)30-20-9-2-15(3-10-20)1-8-19-13-17-4-5-18(24(27)28)14-22(17)29-19/h1-14,29H,(H3,25,26)(H3,27,28)/b8-1+. The third kappa shape index (κ3) is 4.23. The maximum Gasteiger partial charge on any atom is 0.127 e. The Morgan fingerprint density at radius 2 is 1.33 bits per heavy atom. The van der Waals surface area contributed by atoms with E-state index < -0.39 is 0 Å². The van der Waals surface area contributed by atoms with Crippen LogP contribution < -0.4 is 16.2 Å². The van der Waals surface area contributed by atoms with E-state index in [-0.39, 0.29) is 11.7 Å². The average molecular weight is 395 g/mol. The van der Waals surface area contributed by atoms with Gasteiger partial charge < -0.3 is 21.2 Å². The predicted octanol–water partition coefficient (Wildman–Crippen LogP) is 4.70. The van der Waals surface area contributed by atoms with Crippen LogP contribution in [0.4, 0.5) is 0 Å². The number of fused-ring (bicyclic) bond motifs is 1. The van der Waals surface area contributed by atoms with Gasteiger partial charge in [0.1, 0.15) is 23.2 Å². The Morgan fingerprint density at radius 3 is 1.97 bits per heavy atom. The molecule has 0 atom stereocenters. The number of nitrogens with two attached hydrogens (primary N) is 2. The molecule has 0 spiro atoms. The topological polar surface area (TPSA) is 125 Å². The number of aromatic nitrogens is 1. The fourth-order valence-electron chi connectivity index (χ4n) is 3.08. The predicted molar refractivity (Wildman–Crippen MR) is 122 cm³/mol. The monoisotopic (exact) mass is 395 g/mol. The van der Waals surface area contributed by atoms with E-state index in [4.69, 9.17) is 27.0 Å². The fraction of sp³-hybridized carbons (Fsp3) is 0. The van der Waals surface area contributed by atoms with Crippen molar-refractivity contribution >= 4 is 34.7 Å². The van der Waals surface area contributed by atoms with Crippen LogP contribution in [-0.4, -0.2) is 16.7 Å². The van der Waals surface area contributed by atoms with Gasteiger partial charge in [-0.1, -0.05) is 30.3 Å². The summed E-state index contributed by atoms with van der Waals surface area (Å²) in [4.78, 5) is 3.33. The summed E-state index contributed by atoms with van der Waals surface area (Å²) in [6, 6.07) is 22.6. The molecule has 1 heterocycles. The zero-order chi connectivity index (χ0) is 21.1. The summed E-state index contributed by atoms with van der Waals surface area (Å²) < 4.78 is 5.83. The lowest BCUT2D eigenvalue weighted by molar-refractivity contribution is 0.482. The SMILES string of the molecule is N=C(N)c1ccc(Oc2ccc(/C=C/c3cc4ccc(C(=N)N)cc4[nH]3)cc2)cc1. The fourth-order valence-corrected chi connectivity index (χ4v) is 3.08. The molecule has 4 aromatic rings. The molecule has 1 aromatic heterocycles. The number of H-pyrrole nitrogens is 1. The largest absolute Gasteiger partial charge is 0.457 e. The molecular weight excluding hydrogens is 374 g/mol. The second-order valence-corrected chi connectivity index (χ2v) is 6.88. The number of amidine groups is 2. The lowest BCUT2D eigenvalue weighted by Crippen LogP contribution is -2.10. The van der Waals surface area contributed by atoms with E-state index in [2.05, 4.69) is 11.1 Å². The molecule has 7 N–H and O–H groups in total. The third-order valence-electron chi connectivity index (χ3n) is 4.69. The number of aromatic amines is 1. The van der Waals surface area contributed by atoms with E-state index in [1.54, 1.807) is 24.3 Å². The Morgan fingerprint density at radius 1 is 0.733 bits per heavy atom. The molecule has 0 amide bonds. The first-order valence-electron chi connectivity index (χ1n) is 9.35. The summed E-state index contributed by atoms with van der Waals surface area (Å²) in [5, 5.41) is 16.0. The molecule has 0 unspecified atom stereocenters. The summed E-state index contributed by atoms with van der Waals surface area (Å²) in [5.74, 6) is 1.50. The highest BCUT2D eigenvalue weighted by Gasteiger charge is 2.03. The van der Waals surface area contributed by atoms with Crippen molar-refractivity contribution in [3.63, 3.8) is 0 Å². The minimum Gasteiger partial charge on any atom is -0.457 e. The van der Waals surface area contributed by atoms with Gasteiger partial charge in [0.15, 0.2) is 0 Å². The molecule has 4 rings (SSSR count). The van der Waals surface area contributed by atoms with Gasteiger partial charge in [0.2, 0.25) is 0 Å². The Hall–Kier alpha value is -4.32. The molecule has 3 aromatic carbocycles. The maximum atomic E-state index is 7.55. The Labute approximate surface area is 173 Å². The summed E-state index contributed by atoms with van der Waals surface area (Å²) in [6.07, 6.45) is 4.02. The average Bonchev–Trinajstić information content (AvgIpc) is 3.16. The van der Waals surface area contributed by atoms with E-state index in [0.29, 0.717) is 16.9 Å². The molecule has 0 aliphatic rings. The van der Waals surface area contributed by atoms with Crippen LogP contribution in [0, 0.1) is 10.8 Å². The molecule has 0 fully saturated rings.